The van der Waals surface area contributed by atoms with Gasteiger partial charge in [0.25, 0.3) is 0 Å². The van der Waals surface area contributed by atoms with E-state index in [1.165, 1.54) is 51.4 Å². The summed E-state index contributed by atoms with van der Waals surface area (Å²) in [6, 6.07) is 0. The number of carbonyl (C=O) groups is 1. The lowest BCUT2D eigenvalue weighted by Crippen LogP contribution is -2.51. The van der Waals surface area contributed by atoms with Crippen molar-refractivity contribution in [2.75, 3.05) is 6.67 Å². The highest BCUT2D eigenvalue weighted by Gasteiger charge is 2.59. The molecule has 1 amide bonds. The fraction of sp³-hybridized carbons (Fsp3) is 0.897. The summed E-state index contributed by atoms with van der Waals surface area (Å²) >= 11 is 0. The molecule has 0 saturated heterocycles. The third kappa shape index (κ3) is 4.75. The Bertz CT molecular complexity index is 733. The third-order valence-electron chi connectivity index (χ3n) is 10.8. The van der Waals surface area contributed by atoms with Gasteiger partial charge in [-0.15, -0.1) is 0 Å². The molecule has 0 spiro atoms. The number of amides is 1. The van der Waals surface area contributed by atoms with Crippen molar-refractivity contribution in [3.05, 3.63) is 11.6 Å². The molecule has 0 bridgehead atoms. The van der Waals surface area contributed by atoms with Crippen LogP contribution >= 0.6 is 0 Å². The number of nitrogens with one attached hydrogen (secondary N) is 1. The van der Waals surface area contributed by atoms with Gasteiger partial charge in [-0.25, -0.2) is 4.79 Å². The van der Waals surface area contributed by atoms with E-state index in [-0.39, 0.29) is 18.9 Å². The molecule has 4 rings (SSSR count). The van der Waals surface area contributed by atoms with Gasteiger partial charge >= 0.3 is 6.09 Å². The summed E-state index contributed by atoms with van der Waals surface area (Å²) in [5.41, 5.74) is 7.84. The van der Waals surface area contributed by atoms with E-state index in [2.05, 4.69) is 46.0 Å². The molecule has 188 valence electrons. The molecule has 3 fully saturated rings. The molecule has 0 aromatic carbocycles. The van der Waals surface area contributed by atoms with Crippen LogP contribution in [0, 0.1) is 46.3 Å². The lowest BCUT2D eigenvalue weighted by molar-refractivity contribution is -0.0581. The molecule has 4 aliphatic carbocycles. The van der Waals surface area contributed by atoms with E-state index in [9.17, 15) is 4.79 Å². The summed E-state index contributed by atoms with van der Waals surface area (Å²) in [5, 5.41) is 2.58. The van der Waals surface area contributed by atoms with E-state index >= 15 is 0 Å². The van der Waals surface area contributed by atoms with E-state index in [1.54, 1.807) is 5.57 Å². The maximum Gasteiger partial charge on any atom is 0.408 e. The molecule has 4 nitrogen and oxygen atoms in total. The lowest BCUT2D eigenvalue weighted by Gasteiger charge is -2.58. The fourth-order valence-electron chi connectivity index (χ4n) is 9.03. The highest BCUT2D eigenvalue weighted by Crippen LogP contribution is 2.67. The smallest absolute Gasteiger partial charge is 0.408 e. The van der Waals surface area contributed by atoms with Gasteiger partial charge in [0, 0.05) is 6.42 Å². The number of nitrogens with two attached hydrogens (primary N) is 1. The molecule has 0 heterocycles. The summed E-state index contributed by atoms with van der Waals surface area (Å²) in [4.78, 5) is 11.9. The predicted octanol–water partition coefficient (Wildman–Crippen LogP) is 7.04. The Morgan fingerprint density at radius 3 is 2.64 bits per heavy atom. The molecule has 3 saturated carbocycles. The van der Waals surface area contributed by atoms with Gasteiger partial charge in [0.1, 0.15) is 6.10 Å². The zero-order valence-corrected chi connectivity index (χ0v) is 22.0. The van der Waals surface area contributed by atoms with E-state index in [1.807, 2.05) is 0 Å². The second kappa shape index (κ2) is 9.91. The first-order valence-corrected chi connectivity index (χ1v) is 14.0. The Hall–Kier alpha value is -1.03. The van der Waals surface area contributed by atoms with E-state index < -0.39 is 0 Å². The average Bonchev–Trinajstić information content (AvgIpc) is 3.11. The highest BCUT2D eigenvalue weighted by molar-refractivity contribution is 5.67. The van der Waals surface area contributed by atoms with Crippen LogP contribution in [0.15, 0.2) is 11.6 Å². The zero-order chi connectivity index (χ0) is 23.8. The first-order valence-electron chi connectivity index (χ1n) is 14.0. The average molecular weight is 459 g/mol. The summed E-state index contributed by atoms with van der Waals surface area (Å²) < 4.78 is 5.66. The molecule has 0 aliphatic heterocycles. The van der Waals surface area contributed by atoms with Crippen LogP contribution in [-0.4, -0.2) is 18.9 Å². The Balaban J connectivity index is 1.43. The van der Waals surface area contributed by atoms with Crippen molar-refractivity contribution in [2.24, 2.45) is 52.1 Å². The van der Waals surface area contributed by atoms with Crippen LogP contribution in [0.4, 0.5) is 4.79 Å². The minimum absolute atomic E-state index is 0.00355. The van der Waals surface area contributed by atoms with Crippen molar-refractivity contribution < 1.29 is 9.53 Å². The standard InChI is InChI=1S/C29H50N2O2/c1-19(2)7-6-8-20(3)24-11-12-25-23-10-9-21-17-22(33-27(32)31-18-30)13-15-28(21,4)26(23)14-16-29(24,25)5/h9,19-20,22-26H,6-8,10-18,30H2,1-5H3,(H,31,32)/t20-,22?,23?,24?,25?,26?,28?,29?/m1/s1. The molecular weight excluding hydrogens is 408 g/mol. The largest absolute Gasteiger partial charge is 0.446 e. The van der Waals surface area contributed by atoms with E-state index in [0.717, 1.165) is 54.8 Å². The number of fused-ring (bicyclic) bond motifs is 5. The van der Waals surface area contributed by atoms with Gasteiger partial charge in [-0.3, -0.25) is 0 Å². The summed E-state index contributed by atoms with van der Waals surface area (Å²) in [7, 11) is 0. The summed E-state index contributed by atoms with van der Waals surface area (Å²) in [5.74, 6) is 5.17. The van der Waals surface area contributed by atoms with Crippen molar-refractivity contribution in [2.45, 2.75) is 111 Å². The van der Waals surface area contributed by atoms with Crippen molar-refractivity contribution in [1.29, 1.82) is 0 Å². The minimum Gasteiger partial charge on any atom is -0.446 e. The molecule has 4 heteroatoms. The van der Waals surface area contributed by atoms with Crippen LogP contribution in [0.25, 0.3) is 0 Å². The third-order valence-corrected chi connectivity index (χ3v) is 10.8. The monoisotopic (exact) mass is 458 g/mol. The first kappa shape index (κ1) is 25.1. The predicted molar refractivity (Wildman–Crippen MR) is 136 cm³/mol. The van der Waals surface area contributed by atoms with Crippen LogP contribution in [0.1, 0.15) is 105 Å². The lowest BCUT2D eigenvalue weighted by atomic mass is 9.47. The Morgan fingerprint density at radius 2 is 1.91 bits per heavy atom. The van der Waals surface area contributed by atoms with Gasteiger partial charge < -0.3 is 15.8 Å². The topological polar surface area (TPSA) is 64.3 Å². The second-order valence-corrected chi connectivity index (χ2v) is 12.9. The summed E-state index contributed by atoms with van der Waals surface area (Å²) in [6.45, 7) is 12.6. The van der Waals surface area contributed by atoms with Crippen LogP contribution < -0.4 is 11.1 Å². The highest BCUT2D eigenvalue weighted by atomic mass is 16.6. The molecule has 33 heavy (non-hydrogen) atoms. The quantitative estimate of drug-likeness (QED) is 0.318. The van der Waals surface area contributed by atoms with Gasteiger partial charge in [0.05, 0.1) is 6.67 Å². The van der Waals surface area contributed by atoms with Crippen molar-refractivity contribution in [1.82, 2.24) is 5.32 Å². The minimum atomic E-state index is -0.367. The van der Waals surface area contributed by atoms with Gasteiger partial charge in [-0.2, -0.15) is 0 Å². The number of ether oxygens (including phenoxy) is 1. The molecule has 7 unspecified atom stereocenters. The number of allylic oxidation sites excluding steroid dienone is 1. The van der Waals surface area contributed by atoms with Gasteiger partial charge in [-0.1, -0.05) is 65.5 Å². The Morgan fingerprint density at radius 1 is 1.12 bits per heavy atom. The summed E-state index contributed by atoms with van der Waals surface area (Å²) in [6.07, 6.45) is 16.4. The van der Waals surface area contributed by atoms with Crippen molar-refractivity contribution >= 4 is 6.09 Å². The van der Waals surface area contributed by atoms with Crippen LogP contribution in [0.5, 0.6) is 0 Å². The van der Waals surface area contributed by atoms with Crippen molar-refractivity contribution in [3.8, 4) is 0 Å². The molecule has 0 aromatic rings. The van der Waals surface area contributed by atoms with Gasteiger partial charge in [0.2, 0.25) is 0 Å². The van der Waals surface area contributed by atoms with Gasteiger partial charge in [0.15, 0.2) is 0 Å². The Kier molecular flexibility index (Phi) is 7.53. The number of carbonyl (C=O) groups excluding carboxylic acids is 1. The van der Waals surface area contributed by atoms with E-state index in [4.69, 9.17) is 10.5 Å². The van der Waals surface area contributed by atoms with Crippen LogP contribution in [0.3, 0.4) is 0 Å². The Labute approximate surface area is 202 Å². The van der Waals surface area contributed by atoms with Gasteiger partial charge in [-0.05, 0) is 91.3 Å². The maximum absolute atomic E-state index is 11.9. The molecule has 8 atom stereocenters. The first-order chi connectivity index (χ1) is 15.7. The molecular formula is C29H50N2O2. The fourth-order valence-corrected chi connectivity index (χ4v) is 9.03. The zero-order valence-electron chi connectivity index (χ0n) is 22.0. The normalized spacial score (nSPS) is 40.9. The number of hydrogen-bond donors (Lipinski definition) is 2. The van der Waals surface area contributed by atoms with E-state index in [0.29, 0.717) is 10.8 Å². The number of hydrogen-bond acceptors (Lipinski definition) is 3. The molecule has 3 N–H and O–H groups in total. The van der Waals surface area contributed by atoms with Crippen molar-refractivity contribution in [3.63, 3.8) is 0 Å². The molecule has 4 aliphatic rings. The van der Waals surface area contributed by atoms with Crippen LogP contribution in [-0.2, 0) is 4.74 Å². The second-order valence-electron chi connectivity index (χ2n) is 12.9. The number of alkyl carbamates (subject to hydrolysis) is 1. The van der Waals surface area contributed by atoms with Crippen LogP contribution in [0.2, 0.25) is 0 Å². The number of rotatable bonds is 7. The molecule has 0 aromatic heterocycles. The SMILES string of the molecule is CC(C)CCC[C@@H](C)C1CCC2C3CC=C4CC(OC(=O)NCN)CCC4(C)C3CCC21C. The molecule has 0 radical (unpaired) electrons. The maximum atomic E-state index is 11.9.